The van der Waals surface area contributed by atoms with Crippen molar-refractivity contribution in [2.75, 3.05) is 25.2 Å². The quantitative estimate of drug-likeness (QED) is 0.599. The third kappa shape index (κ3) is 1.97. The van der Waals surface area contributed by atoms with Crippen LogP contribution in [0.2, 0.25) is 0 Å². The van der Waals surface area contributed by atoms with Gasteiger partial charge < -0.3 is 10.4 Å². The average molecular weight is 193 g/mol. The summed E-state index contributed by atoms with van der Waals surface area (Å²) in [6.45, 7) is -0.108. The van der Waals surface area contributed by atoms with Crippen LogP contribution in [0.15, 0.2) is 0 Å². The van der Waals surface area contributed by atoms with Crippen molar-refractivity contribution in [2.45, 2.75) is 18.4 Å². The van der Waals surface area contributed by atoms with Crippen molar-refractivity contribution in [1.82, 2.24) is 5.32 Å². The molecule has 1 fully saturated rings. The summed E-state index contributed by atoms with van der Waals surface area (Å²) in [5.41, 5.74) is -0.586. The normalized spacial score (nSPS) is 34.8. The molecule has 2 N–H and O–H groups in total. The van der Waals surface area contributed by atoms with Crippen molar-refractivity contribution in [2.24, 2.45) is 0 Å². The first-order valence-electron chi connectivity index (χ1n) is 4.04. The van der Waals surface area contributed by atoms with Crippen molar-refractivity contribution in [3.05, 3.63) is 0 Å². The van der Waals surface area contributed by atoms with E-state index in [-0.39, 0.29) is 18.1 Å². The Morgan fingerprint density at radius 3 is 2.58 bits per heavy atom. The lowest BCUT2D eigenvalue weighted by atomic mass is 9.97. The van der Waals surface area contributed by atoms with Gasteiger partial charge in [-0.2, -0.15) is 0 Å². The minimum Gasteiger partial charge on any atom is -0.394 e. The number of sulfone groups is 1. The van der Waals surface area contributed by atoms with Crippen LogP contribution < -0.4 is 5.32 Å². The molecule has 0 radical (unpaired) electrons. The molecule has 0 bridgehead atoms. The maximum atomic E-state index is 11.2. The Bertz CT molecular complexity index is 243. The first kappa shape index (κ1) is 9.95. The maximum absolute atomic E-state index is 11.2. The van der Waals surface area contributed by atoms with E-state index in [1.54, 1.807) is 7.05 Å². The summed E-state index contributed by atoms with van der Waals surface area (Å²) in [4.78, 5) is 0. The molecule has 0 aromatic rings. The SMILES string of the molecule is CNC1(CO)CCCS(=O)(=O)C1. The summed E-state index contributed by atoms with van der Waals surface area (Å²) >= 11 is 0. The van der Waals surface area contributed by atoms with Gasteiger partial charge in [-0.25, -0.2) is 8.42 Å². The van der Waals surface area contributed by atoms with Gasteiger partial charge >= 0.3 is 0 Å². The van der Waals surface area contributed by atoms with Crippen LogP contribution in [0.1, 0.15) is 12.8 Å². The van der Waals surface area contributed by atoms with Crippen LogP contribution in [-0.4, -0.2) is 44.2 Å². The molecule has 0 saturated carbocycles. The lowest BCUT2D eigenvalue weighted by Gasteiger charge is -2.34. The number of aliphatic hydroxyl groups is 1. The molecule has 5 heteroatoms. The zero-order valence-electron chi connectivity index (χ0n) is 7.21. The lowest BCUT2D eigenvalue weighted by molar-refractivity contribution is 0.171. The van der Waals surface area contributed by atoms with Crippen LogP contribution in [0.25, 0.3) is 0 Å². The van der Waals surface area contributed by atoms with E-state index in [2.05, 4.69) is 5.32 Å². The van der Waals surface area contributed by atoms with E-state index in [0.29, 0.717) is 6.42 Å². The molecule has 0 aromatic heterocycles. The first-order chi connectivity index (χ1) is 5.54. The molecule has 1 rings (SSSR count). The topological polar surface area (TPSA) is 66.4 Å². The van der Waals surface area contributed by atoms with Crippen LogP contribution in [0, 0.1) is 0 Å². The van der Waals surface area contributed by atoms with Gasteiger partial charge in [0, 0.05) is 0 Å². The highest BCUT2D eigenvalue weighted by molar-refractivity contribution is 7.91. The van der Waals surface area contributed by atoms with E-state index in [1.807, 2.05) is 0 Å². The number of hydrogen-bond donors (Lipinski definition) is 2. The summed E-state index contributed by atoms with van der Waals surface area (Å²) < 4.78 is 22.5. The maximum Gasteiger partial charge on any atom is 0.152 e. The van der Waals surface area contributed by atoms with E-state index in [4.69, 9.17) is 5.11 Å². The lowest BCUT2D eigenvalue weighted by Crippen LogP contribution is -2.54. The average Bonchev–Trinajstić information content (AvgIpc) is 2.02. The number of nitrogens with one attached hydrogen (secondary N) is 1. The second-order valence-corrected chi connectivity index (χ2v) is 5.57. The summed E-state index contributed by atoms with van der Waals surface area (Å²) in [6, 6.07) is 0. The summed E-state index contributed by atoms with van der Waals surface area (Å²) in [5.74, 6) is 0.323. The Morgan fingerprint density at radius 1 is 1.58 bits per heavy atom. The number of rotatable bonds is 2. The predicted octanol–water partition coefficient (Wildman–Crippen LogP) is -0.854. The molecule has 0 spiro atoms. The summed E-state index contributed by atoms with van der Waals surface area (Å²) in [7, 11) is -1.25. The highest BCUT2D eigenvalue weighted by Crippen LogP contribution is 2.21. The van der Waals surface area contributed by atoms with Crippen LogP contribution in [-0.2, 0) is 9.84 Å². The van der Waals surface area contributed by atoms with Crippen molar-refractivity contribution in [3.8, 4) is 0 Å². The number of hydrogen-bond acceptors (Lipinski definition) is 4. The van der Waals surface area contributed by atoms with Crippen molar-refractivity contribution in [3.63, 3.8) is 0 Å². The minimum absolute atomic E-state index is 0.0625. The third-order valence-corrected chi connectivity index (χ3v) is 4.34. The van der Waals surface area contributed by atoms with Crippen molar-refractivity contribution >= 4 is 9.84 Å². The fourth-order valence-corrected chi connectivity index (χ4v) is 3.55. The monoisotopic (exact) mass is 193 g/mol. The molecule has 72 valence electrons. The van der Waals surface area contributed by atoms with Gasteiger partial charge in [0.1, 0.15) is 0 Å². The van der Waals surface area contributed by atoms with Gasteiger partial charge in [-0.15, -0.1) is 0 Å². The molecule has 1 heterocycles. The minimum atomic E-state index is -2.94. The molecule has 1 unspecified atom stereocenters. The molecule has 4 nitrogen and oxygen atoms in total. The zero-order valence-corrected chi connectivity index (χ0v) is 8.02. The van der Waals surface area contributed by atoms with Crippen molar-refractivity contribution in [1.29, 1.82) is 0 Å². The van der Waals surface area contributed by atoms with E-state index in [1.165, 1.54) is 0 Å². The Labute approximate surface area is 72.9 Å². The summed E-state index contributed by atoms with van der Waals surface area (Å²) in [6.07, 6.45) is 1.38. The second-order valence-electron chi connectivity index (χ2n) is 3.38. The van der Waals surface area contributed by atoms with Gasteiger partial charge in [-0.3, -0.25) is 0 Å². The van der Waals surface area contributed by atoms with Gasteiger partial charge in [0.25, 0.3) is 0 Å². The van der Waals surface area contributed by atoms with Crippen LogP contribution >= 0.6 is 0 Å². The molecule has 1 atom stereocenters. The van der Waals surface area contributed by atoms with Crippen LogP contribution in [0.4, 0.5) is 0 Å². The summed E-state index contributed by atoms with van der Waals surface area (Å²) in [5, 5.41) is 11.9. The molecule has 1 aliphatic rings. The van der Waals surface area contributed by atoms with Gasteiger partial charge in [0.15, 0.2) is 9.84 Å². The van der Waals surface area contributed by atoms with Crippen LogP contribution in [0.5, 0.6) is 0 Å². The molecular weight excluding hydrogens is 178 g/mol. The Kier molecular flexibility index (Phi) is 2.75. The second kappa shape index (κ2) is 3.32. The van der Waals surface area contributed by atoms with E-state index >= 15 is 0 Å². The standard InChI is InChI=1S/C7H15NO3S/c1-8-7(5-9)3-2-4-12(10,11)6-7/h8-9H,2-6H2,1H3. The fraction of sp³-hybridized carbons (Fsp3) is 1.00. The van der Waals surface area contributed by atoms with E-state index in [9.17, 15) is 8.42 Å². The van der Waals surface area contributed by atoms with Gasteiger partial charge in [0.05, 0.1) is 23.7 Å². The largest absolute Gasteiger partial charge is 0.394 e. The fourth-order valence-electron chi connectivity index (χ4n) is 1.60. The van der Waals surface area contributed by atoms with E-state index in [0.717, 1.165) is 6.42 Å². The molecule has 0 aliphatic carbocycles. The zero-order chi connectivity index (χ0) is 9.24. The van der Waals surface area contributed by atoms with Gasteiger partial charge in [-0.1, -0.05) is 0 Å². The van der Waals surface area contributed by atoms with E-state index < -0.39 is 15.4 Å². The Hall–Kier alpha value is -0.130. The highest BCUT2D eigenvalue weighted by Gasteiger charge is 2.36. The Balaban J connectivity index is 2.79. The number of aliphatic hydroxyl groups excluding tert-OH is 1. The number of likely N-dealkylation sites (N-methyl/N-ethyl adjacent to an activating group) is 1. The van der Waals surface area contributed by atoms with Gasteiger partial charge in [0.2, 0.25) is 0 Å². The molecule has 0 aromatic carbocycles. The highest BCUT2D eigenvalue weighted by atomic mass is 32.2. The molecule has 12 heavy (non-hydrogen) atoms. The third-order valence-electron chi connectivity index (χ3n) is 2.44. The smallest absolute Gasteiger partial charge is 0.152 e. The molecule has 1 aliphatic heterocycles. The Morgan fingerprint density at radius 2 is 2.25 bits per heavy atom. The molecule has 1 saturated heterocycles. The van der Waals surface area contributed by atoms with Crippen LogP contribution in [0.3, 0.4) is 0 Å². The molecule has 0 amide bonds. The predicted molar refractivity (Wildman–Crippen MR) is 46.8 cm³/mol. The van der Waals surface area contributed by atoms with Gasteiger partial charge in [-0.05, 0) is 19.9 Å². The first-order valence-corrected chi connectivity index (χ1v) is 5.86. The van der Waals surface area contributed by atoms with Crippen molar-refractivity contribution < 1.29 is 13.5 Å². The molecular formula is C7H15NO3S.